The van der Waals surface area contributed by atoms with E-state index >= 15 is 0 Å². The van der Waals surface area contributed by atoms with Crippen LogP contribution in [0.1, 0.15) is 53.9 Å². The number of Topliss-reactive ketones (excluding diaryl/α,β-unsaturated/α-hetero) is 1. The predicted octanol–water partition coefficient (Wildman–Crippen LogP) is 3.67. The topological polar surface area (TPSA) is 17.1 Å². The maximum Gasteiger partial charge on any atom is 0.139 e. The van der Waals surface area contributed by atoms with Crippen molar-refractivity contribution in [3.8, 4) is 0 Å². The maximum absolute atomic E-state index is 12.2. The van der Waals surface area contributed by atoms with Crippen LogP contribution in [0.15, 0.2) is 0 Å². The average Bonchev–Trinajstić information content (AvgIpc) is 2.01. The summed E-state index contributed by atoms with van der Waals surface area (Å²) in [5, 5.41) is 0. The molecule has 0 N–H and O–H groups in total. The van der Waals surface area contributed by atoms with Gasteiger partial charge in [-0.2, -0.15) is 0 Å². The van der Waals surface area contributed by atoms with Crippen LogP contribution in [0.5, 0.6) is 0 Å². The summed E-state index contributed by atoms with van der Waals surface area (Å²) in [7, 11) is 0. The van der Waals surface area contributed by atoms with Crippen LogP contribution >= 0.6 is 0 Å². The fourth-order valence-corrected chi connectivity index (χ4v) is 2.61. The second-order valence-corrected chi connectivity index (χ2v) is 6.10. The summed E-state index contributed by atoms with van der Waals surface area (Å²) in [6.45, 7) is 10.9. The highest BCUT2D eigenvalue weighted by atomic mass is 16.1. The molecule has 0 heterocycles. The Hall–Kier alpha value is -0.330. The predicted molar refractivity (Wildman–Crippen MR) is 60.1 cm³/mol. The van der Waals surface area contributed by atoms with Gasteiger partial charge in [0, 0.05) is 11.8 Å². The monoisotopic (exact) mass is 196 g/mol. The van der Waals surface area contributed by atoms with Gasteiger partial charge in [-0.25, -0.2) is 0 Å². The number of ketones is 1. The van der Waals surface area contributed by atoms with Crippen molar-refractivity contribution >= 4 is 5.78 Å². The Morgan fingerprint density at radius 3 is 2.21 bits per heavy atom. The van der Waals surface area contributed by atoms with Gasteiger partial charge in [-0.3, -0.25) is 4.79 Å². The molecule has 0 spiro atoms. The van der Waals surface area contributed by atoms with Crippen molar-refractivity contribution in [2.24, 2.45) is 23.2 Å². The summed E-state index contributed by atoms with van der Waals surface area (Å²) in [6, 6.07) is 0. The van der Waals surface area contributed by atoms with Gasteiger partial charge in [-0.15, -0.1) is 0 Å². The van der Waals surface area contributed by atoms with Crippen molar-refractivity contribution < 1.29 is 4.79 Å². The van der Waals surface area contributed by atoms with Gasteiger partial charge in [0.25, 0.3) is 0 Å². The van der Waals surface area contributed by atoms with Crippen LogP contribution in [-0.4, -0.2) is 5.78 Å². The molecule has 0 amide bonds. The minimum atomic E-state index is 0.157. The molecule has 1 aliphatic rings. The Balaban J connectivity index is 2.77. The highest BCUT2D eigenvalue weighted by molar-refractivity contribution is 5.85. The van der Waals surface area contributed by atoms with E-state index in [1.165, 1.54) is 6.42 Å². The molecule has 1 heteroatoms. The third kappa shape index (κ3) is 2.37. The van der Waals surface area contributed by atoms with E-state index in [1.807, 2.05) is 0 Å². The summed E-state index contributed by atoms with van der Waals surface area (Å²) in [4.78, 5) is 12.2. The molecular formula is C13H24O. The molecule has 0 aliphatic heterocycles. The van der Waals surface area contributed by atoms with Gasteiger partial charge in [0.1, 0.15) is 5.78 Å². The minimum Gasteiger partial charge on any atom is -0.299 e. The van der Waals surface area contributed by atoms with Gasteiger partial charge in [0.15, 0.2) is 0 Å². The van der Waals surface area contributed by atoms with E-state index in [0.717, 1.165) is 12.8 Å². The van der Waals surface area contributed by atoms with E-state index in [0.29, 0.717) is 23.5 Å². The van der Waals surface area contributed by atoms with E-state index in [4.69, 9.17) is 0 Å². The van der Waals surface area contributed by atoms with E-state index in [-0.39, 0.29) is 5.41 Å². The summed E-state index contributed by atoms with van der Waals surface area (Å²) in [5.41, 5.74) is 0.157. The maximum atomic E-state index is 12.2. The number of rotatable bonds is 1. The van der Waals surface area contributed by atoms with E-state index in [2.05, 4.69) is 34.6 Å². The number of carbonyl (C=O) groups excluding carboxylic acids is 1. The van der Waals surface area contributed by atoms with Crippen LogP contribution in [-0.2, 0) is 4.79 Å². The minimum absolute atomic E-state index is 0.157. The largest absolute Gasteiger partial charge is 0.299 e. The fourth-order valence-electron chi connectivity index (χ4n) is 2.61. The lowest BCUT2D eigenvalue weighted by atomic mass is 9.66. The molecule has 1 saturated carbocycles. The standard InChI is InChI=1S/C13H24O/c1-9(2)10-7-6-8-11(12(10)14)13(3,4)5/h9-11H,6-8H2,1-5H3. The molecule has 2 unspecified atom stereocenters. The molecule has 1 fully saturated rings. The molecule has 0 aromatic rings. The summed E-state index contributed by atoms with van der Waals surface area (Å²) >= 11 is 0. The first-order valence-electron chi connectivity index (χ1n) is 5.87. The highest BCUT2D eigenvalue weighted by Gasteiger charge is 2.38. The van der Waals surface area contributed by atoms with Gasteiger partial charge >= 0.3 is 0 Å². The quantitative estimate of drug-likeness (QED) is 0.625. The lowest BCUT2D eigenvalue weighted by Gasteiger charge is -2.37. The molecule has 1 nitrogen and oxygen atoms in total. The number of carbonyl (C=O) groups is 1. The van der Waals surface area contributed by atoms with Crippen molar-refractivity contribution in [2.45, 2.75) is 53.9 Å². The summed E-state index contributed by atoms with van der Waals surface area (Å²) in [5.74, 6) is 1.67. The SMILES string of the molecule is CC(C)C1CCCC(C(C)(C)C)C1=O. The molecule has 0 saturated heterocycles. The number of hydrogen-bond donors (Lipinski definition) is 0. The van der Waals surface area contributed by atoms with Crippen LogP contribution in [0.25, 0.3) is 0 Å². The summed E-state index contributed by atoms with van der Waals surface area (Å²) in [6.07, 6.45) is 3.45. The average molecular weight is 196 g/mol. The zero-order valence-electron chi connectivity index (χ0n) is 10.3. The molecule has 14 heavy (non-hydrogen) atoms. The number of hydrogen-bond acceptors (Lipinski definition) is 1. The Morgan fingerprint density at radius 2 is 1.79 bits per heavy atom. The van der Waals surface area contributed by atoms with Crippen LogP contribution in [0.3, 0.4) is 0 Å². The normalized spacial score (nSPS) is 29.7. The lowest BCUT2D eigenvalue weighted by molar-refractivity contribution is -0.134. The van der Waals surface area contributed by atoms with E-state index in [1.54, 1.807) is 0 Å². The Kier molecular flexibility index (Phi) is 3.39. The van der Waals surface area contributed by atoms with E-state index in [9.17, 15) is 4.79 Å². The Bertz CT molecular complexity index is 210. The zero-order valence-corrected chi connectivity index (χ0v) is 10.3. The summed E-state index contributed by atoms with van der Waals surface area (Å²) < 4.78 is 0. The van der Waals surface area contributed by atoms with Crippen molar-refractivity contribution in [1.29, 1.82) is 0 Å². The smallest absolute Gasteiger partial charge is 0.139 e. The third-order valence-electron chi connectivity index (χ3n) is 3.57. The third-order valence-corrected chi connectivity index (χ3v) is 3.57. The molecule has 1 aliphatic carbocycles. The molecule has 0 aromatic carbocycles. The lowest BCUT2D eigenvalue weighted by Crippen LogP contribution is -2.38. The van der Waals surface area contributed by atoms with Crippen molar-refractivity contribution in [3.63, 3.8) is 0 Å². The van der Waals surface area contributed by atoms with Gasteiger partial charge in [-0.05, 0) is 24.2 Å². The molecule has 82 valence electrons. The van der Waals surface area contributed by atoms with Crippen LogP contribution in [0.4, 0.5) is 0 Å². The van der Waals surface area contributed by atoms with Crippen LogP contribution in [0, 0.1) is 23.2 Å². The molecule has 1 rings (SSSR count). The molecule has 0 radical (unpaired) electrons. The first-order chi connectivity index (χ1) is 6.34. The van der Waals surface area contributed by atoms with Crippen molar-refractivity contribution in [2.75, 3.05) is 0 Å². The molecule has 0 bridgehead atoms. The van der Waals surface area contributed by atoms with E-state index < -0.39 is 0 Å². The van der Waals surface area contributed by atoms with Gasteiger partial charge in [-0.1, -0.05) is 41.0 Å². The van der Waals surface area contributed by atoms with Crippen molar-refractivity contribution in [1.82, 2.24) is 0 Å². The van der Waals surface area contributed by atoms with Gasteiger partial charge in [0.05, 0.1) is 0 Å². The Morgan fingerprint density at radius 1 is 1.21 bits per heavy atom. The van der Waals surface area contributed by atoms with Crippen LogP contribution in [0.2, 0.25) is 0 Å². The molecular weight excluding hydrogens is 172 g/mol. The van der Waals surface area contributed by atoms with Crippen molar-refractivity contribution in [3.05, 3.63) is 0 Å². The van der Waals surface area contributed by atoms with Gasteiger partial charge in [0.2, 0.25) is 0 Å². The first-order valence-corrected chi connectivity index (χ1v) is 5.87. The Labute approximate surface area is 88.3 Å². The molecule has 0 aromatic heterocycles. The fraction of sp³-hybridized carbons (Fsp3) is 0.923. The van der Waals surface area contributed by atoms with Crippen LogP contribution < -0.4 is 0 Å². The van der Waals surface area contributed by atoms with Gasteiger partial charge < -0.3 is 0 Å². The highest BCUT2D eigenvalue weighted by Crippen LogP contribution is 2.39. The second-order valence-electron chi connectivity index (χ2n) is 6.10. The second kappa shape index (κ2) is 4.04. The zero-order chi connectivity index (χ0) is 10.9. The molecule has 2 atom stereocenters. The first kappa shape index (κ1) is 11.7.